The Hall–Kier alpha value is -3.62. The molecule has 234 valence electrons. The number of nitrogens with zero attached hydrogens (tertiary/aromatic N) is 1. The maximum atomic E-state index is 13.0. The number of benzene rings is 4. The molecule has 0 fully saturated rings. The van der Waals surface area contributed by atoms with E-state index in [-0.39, 0.29) is 16.4 Å². The normalized spacial score (nSPS) is 13.0. The highest BCUT2D eigenvalue weighted by atomic mass is 35.5. The van der Waals surface area contributed by atoms with Gasteiger partial charge in [-0.15, -0.1) is 0 Å². The molecule has 4 aromatic rings. The van der Waals surface area contributed by atoms with Crippen molar-refractivity contribution < 1.29 is 44.0 Å². The molecule has 0 aliphatic carbocycles. The largest absolute Gasteiger partial charge is 0.534 e. The van der Waals surface area contributed by atoms with Crippen molar-refractivity contribution in [2.75, 3.05) is 19.7 Å². The number of hydrogen-bond acceptors (Lipinski definition) is 8. The Morgan fingerprint density at radius 3 is 1.95 bits per heavy atom. The number of aliphatic hydroxyl groups is 1. The fraction of sp³-hybridized carbons (Fsp3) is 0.200. The first-order valence-electron chi connectivity index (χ1n) is 13.0. The van der Waals surface area contributed by atoms with Crippen LogP contribution in [-0.4, -0.2) is 52.0 Å². The molecular formula is C30H27ClF3NO7S2. The molecule has 0 bridgehead atoms. The number of hydrogen-bond donors (Lipinski definition) is 1. The van der Waals surface area contributed by atoms with Crippen LogP contribution in [0.5, 0.6) is 11.5 Å². The van der Waals surface area contributed by atoms with Gasteiger partial charge in [-0.3, -0.25) is 4.90 Å². The molecule has 0 aliphatic heterocycles. The van der Waals surface area contributed by atoms with E-state index in [9.17, 15) is 35.1 Å². The molecule has 0 saturated heterocycles. The van der Waals surface area contributed by atoms with Crippen molar-refractivity contribution >= 4 is 31.6 Å². The summed E-state index contributed by atoms with van der Waals surface area (Å²) in [5, 5.41) is 11.4. The third kappa shape index (κ3) is 8.73. The second-order valence-corrected chi connectivity index (χ2v) is 13.5. The number of alkyl halides is 3. The number of ether oxygens (including phenoxy) is 1. The van der Waals surface area contributed by atoms with Crippen LogP contribution in [0.25, 0.3) is 0 Å². The Bertz CT molecular complexity index is 1750. The van der Waals surface area contributed by atoms with Crippen molar-refractivity contribution in [2.45, 2.75) is 27.9 Å². The Balaban J connectivity index is 1.38. The molecule has 1 atom stereocenters. The van der Waals surface area contributed by atoms with E-state index in [1.165, 1.54) is 24.3 Å². The van der Waals surface area contributed by atoms with Gasteiger partial charge >= 0.3 is 15.6 Å². The Labute approximate surface area is 258 Å². The van der Waals surface area contributed by atoms with Gasteiger partial charge in [0.15, 0.2) is 0 Å². The van der Waals surface area contributed by atoms with E-state index in [1.54, 1.807) is 24.3 Å². The average Bonchev–Trinajstić information content (AvgIpc) is 2.97. The number of rotatable bonds is 13. The van der Waals surface area contributed by atoms with Crippen molar-refractivity contribution in [3.8, 4) is 11.5 Å². The Kier molecular flexibility index (Phi) is 10.6. The van der Waals surface area contributed by atoms with E-state index in [0.29, 0.717) is 36.0 Å². The molecular weight excluding hydrogens is 643 g/mol. The van der Waals surface area contributed by atoms with Crippen molar-refractivity contribution in [3.63, 3.8) is 0 Å². The van der Waals surface area contributed by atoms with Crippen molar-refractivity contribution in [2.24, 2.45) is 0 Å². The lowest BCUT2D eigenvalue weighted by atomic mass is 10.1. The summed E-state index contributed by atoms with van der Waals surface area (Å²) in [5.41, 5.74) is -3.90. The van der Waals surface area contributed by atoms with Gasteiger partial charge in [-0.1, -0.05) is 54.1 Å². The molecule has 0 heterocycles. The summed E-state index contributed by atoms with van der Waals surface area (Å²) < 4.78 is 95.8. The maximum Gasteiger partial charge on any atom is 0.534 e. The van der Waals surface area contributed by atoms with Gasteiger partial charge in [0, 0.05) is 24.7 Å². The van der Waals surface area contributed by atoms with Crippen LogP contribution in [0.1, 0.15) is 17.2 Å². The maximum absolute atomic E-state index is 13.0. The molecule has 1 N–H and O–H groups in total. The van der Waals surface area contributed by atoms with E-state index >= 15 is 0 Å². The lowest BCUT2D eigenvalue weighted by molar-refractivity contribution is -0.0500. The topological polar surface area (TPSA) is 110 Å². The third-order valence-corrected chi connectivity index (χ3v) is 9.35. The molecule has 14 heteroatoms. The van der Waals surface area contributed by atoms with E-state index in [0.717, 1.165) is 29.8 Å². The van der Waals surface area contributed by atoms with E-state index < -0.39 is 37.3 Å². The van der Waals surface area contributed by atoms with Crippen LogP contribution in [-0.2, 0) is 26.5 Å². The fourth-order valence-corrected chi connectivity index (χ4v) is 6.05. The molecule has 0 radical (unpaired) electrons. The fourth-order valence-electron chi connectivity index (χ4n) is 4.13. The van der Waals surface area contributed by atoms with Gasteiger partial charge in [0.25, 0.3) is 0 Å². The first kappa shape index (κ1) is 33.3. The summed E-state index contributed by atoms with van der Waals surface area (Å²) in [6.07, 6.45) is -0.795. The molecule has 0 spiro atoms. The van der Waals surface area contributed by atoms with Crippen LogP contribution in [0.2, 0.25) is 5.02 Å². The highest BCUT2D eigenvalue weighted by Gasteiger charge is 2.48. The molecule has 4 rings (SSSR count). The lowest BCUT2D eigenvalue weighted by Gasteiger charge is -2.25. The van der Waals surface area contributed by atoms with Crippen molar-refractivity contribution in [3.05, 3.63) is 119 Å². The molecule has 8 nitrogen and oxygen atoms in total. The molecule has 0 saturated carbocycles. The summed E-state index contributed by atoms with van der Waals surface area (Å²) >= 11 is 6.08. The zero-order chi connectivity index (χ0) is 32.0. The van der Waals surface area contributed by atoms with Crippen LogP contribution in [0.15, 0.2) is 113 Å². The van der Waals surface area contributed by atoms with Crippen molar-refractivity contribution in [1.29, 1.82) is 0 Å². The minimum Gasteiger partial charge on any atom is -0.492 e. The minimum absolute atomic E-state index is 0.114. The van der Waals surface area contributed by atoms with Gasteiger partial charge in [0.1, 0.15) is 18.1 Å². The quantitative estimate of drug-likeness (QED) is 0.136. The molecule has 0 amide bonds. The van der Waals surface area contributed by atoms with E-state index in [4.69, 9.17) is 16.3 Å². The highest BCUT2D eigenvalue weighted by molar-refractivity contribution is 7.91. The summed E-state index contributed by atoms with van der Waals surface area (Å²) in [6.45, 7) is 1.52. The molecule has 0 aliphatic rings. The second kappa shape index (κ2) is 14.0. The van der Waals surface area contributed by atoms with E-state index in [1.807, 2.05) is 35.2 Å². The summed E-state index contributed by atoms with van der Waals surface area (Å²) in [5.74, 6) is -0.300. The SMILES string of the molecule is O=S(=O)(c1ccc(OCCN(Cc2ccccc2)C[C@H](O)c2cccc(Cl)c2)cc1)c1ccc(OS(=O)(=O)C(F)(F)F)cc1. The van der Waals surface area contributed by atoms with Gasteiger partial charge < -0.3 is 14.0 Å². The molecule has 4 aromatic carbocycles. The second-order valence-electron chi connectivity index (χ2n) is 9.57. The van der Waals surface area contributed by atoms with Crippen LogP contribution in [0.3, 0.4) is 0 Å². The smallest absolute Gasteiger partial charge is 0.492 e. The Morgan fingerprint density at radius 2 is 1.39 bits per heavy atom. The van der Waals surface area contributed by atoms with Crippen LogP contribution in [0, 0.1) is 0 Å². The molecule has 44 heavy (non-hydrogen) atoms. The van der Waals surface area contributed by atoms with Crippen LogP contribution in [0.4, 0.5) is 13.2 Å². The minimum atomic E-state index is -5.89. The summed E-state index contributed by atoms with van der Waals surface area (Å²) in [4.78, 5) is 1.63. The van der Waals surface area contributed by atoms with Crippen molar-refractivity contribution in [1.82, 2.24) is 4.90 Å². The number of sulfone groups is 1. The zero-order valence-electron chi connectivity index (χ0n) is 22.9. The van der Waals surface area contributed by atoms with Gasteiger partial charge in [0.2, 0.25) is 9.84 Å². The first-order chi connectivity index (χ1) is 20.7. The summed E-state index contributed by atoms with van der Waals surface area (Å²) in [6, 6.07) is 25.8. The molecule has 0 aromatic heterocycles. The predicted molar refractivity (Wildman–Crippen MR) is 158 cm³/mol. The summed E-state index contributed by atoms with van der Waals surface area (Å²) in [7, 11) is -9.97. The average molecular weight is 670 g/mol. The number of aliphatic hydroxyl groups excluding tert-OH is 1. The van der Waals surface area contributed by atoms with Crippen LogP contribution < -0.4 is 8.92 Å². The monoisotopic (exact) mass is 669 g/mol. The van der Waals surface area contributed by atoms with Gasteiger partial charge in [-0.25, -0.2) is 8.42 Å². The molecule has 0 unspecified atom stereocenters. The highest BCUT2D eigenvalue weighted by Crippen LogP contribution is 2.29. The Morgan fingerprint density at radius 1 is 0.795 bits per heavy atom. The standard InChI is InChI=1S/C30H27ClF3NO7S2/c31-24-8-4-7-23(19-24)29(36)21-35(20-22-5-2-1-3-6-22)17-18-41-25-9-13-27(14-10-25)43(37,38)28-15-11-26(12-16-28)42-44(39,40)30(32,33)34/h1-16,19,29,36H,17-18,20-21H2/t29-/m0/s1. The van der Waals surface area contributed by atoms with Gasteiger partial charge in [-0.2, -0.15) is 21.6 Å². The van der Waals surface area contributed by atoms with Gasteiger partial charge in [0.05, 0.1) is 15.9 Å². The van der Waals surface area contributed by atoms with E-state index in [2.05, 4.69) is 4.18 Å². The zero-order valence-corrected chi connectivity index (χ0v) is 25.3. The third-order valence-electron chi connectivity index (χ3n) is 6.35. The van der Waals surface area contributed by atoms with Crippen LogP contribution >= 0.6 is 11.6 Å². The predicted octanol–water partition coefficient (Wildman–Crippen LogP) is 6.02. The number of halogens is 4. The first-order valence-corrected chi connectivity index (χ1v) is 16.3. The lowest BCUT2D eigenvalue weighted by Crippen LogP contribution is -2.32. The van der Waals surface area contributed by atoms with Gasteiger partial charge in [-0.05, 0) is 71.8 Å².